The molecule has 1 aliphatic rings. The molecule has 0 radical (unpaired) electrons. The first kappa shape index (κ1) is 19.3. The van der Waals surface area contributed by atoms with Crippen molar-refractivity contribution in [1.82, 2.24) is 9.80 Å². The van der Waals surface area contributed by atoms with Crippen molar-refractivity contribution in [3.63, 3.8) is 0 Å². The van der Waals surface area contributed by atoms with Crippen LogP contribution in [0.15, 0.2) is 18.2 Å². The van der Waals surface area contributed by atoms with E-state index in [1.54, 1.807) is 30.0 Å². The summed E-state index contributed by atoms with van der Waals surface area (Å²) in [5.74, 6) is -0.808. The van der Waals surface area contributed by atoms with E-state index in [4.69, 9.17) is 27.9 Å². The van der Waals surface area contributed by atoms with Crippen molar-refractivity contribution in [3.05, 3.63) is 28.2 Å². The van der Waals surface area contributed by atoms with E-state index in [9.17, 15) is 14.4 Å². The number of anilines is 1. The maximum absolute atomic E-state index is 12.2. The molecule has 0 aromatic heterocycles. The number of ether oxygens (including phenoxy) is 1. The predicted octanol–water partition coefficient (Wildman–Crippen LogP) is 2.62. The summed E-state index contributed by atoms with van der Waals surface area (Å²) in [6.07, 6.45) is -0.707. The van der Waals surface area contributed by atoms with Gasteiger partial charge in [-0.2, -0.15) is 0 Å². The molecule has 0 aliphatic carbocycles. The van der Waals surface area contributed by atoms with Crippen LogP contribution in [0.2, 0.25) is 10.0 Å². The lowest BCUT2D eigenvalue weighted by atomic mass is 10.2. The monoisotopic (exact) mass is 387 g/mol. The second-order valence-corrected chi connectivity index (χ2v) is 6.20. The van der Waals surface area contributed by atoms with E-state index < -0.39 is 5.91 Å². The molecule has 0 atom stereocenters. The minimum absolute atomic E-state index is 0.288. The van der Waals surface area contributed by atoms with Gasteiger partial charge in [-0.15, -0.1) is 0 Å². The number of amides is 3. The molecule has 1 aromatic rings. The number of nitrogens with one attached hydrogen (secondary N) is 1. The summed E-state index contributed by atoms with van der Waals surface area (Å²) >= 11 is 12.0. The molecule has 9 heteroatoms. The summed E-state index contributed by atoms with van der Waals surface area (Å²) in [5, 5.41) is 3.16. The minimum Gasteiger partial charge on any atom is -0.450 e. The van der Waals surface area contributed by atoms with E-state index in [1.165, 1.54) is 4.90 Å². The molecule has 1 heterocycles. The van der Waals surface area contributed by atoms with Crippen LogP contribution in [0.5, 0.6) is 0 Å². The Bertz CT molecular complexity index is 641. The minimum atomic E-state index is -0.493. The van der Waals surface area contributed by atoms with Crippen LogP contribution in [-0.4, -0.2) is 60.5 Å². The van der Waals surface area contributed by atoms with Gasteiger partial charge in [-0.3, -0.25) is 9.59 Å². The van der Waals surface area contributed by atoms with Crippen LogP contribution in [0.25, 0.3) is 0 Å². The number of nitrogens with zero attached hydrogens (tertiary/aromatic N) is 2. The normalized spacial score (nSPS) is 14.2. The summed E-state index contributed by atoms with van der Waals surface area (Å²) in [5.41, 5.74) is 0.288. The van der Waals surface area contributed by atoms with Crippen LogP contribution in [0.1, 0.15) is 13.3 Å². The smallest absolute Gasteiger partial charge is 0.409 e. The van der Waals surface area contributed by atoms with E-state index in [2.05, 4.69) is 5.32 Å². The maximum Gasteiger partial charge on any atom is 0.409 e. The number of para-hydroxylation sites is 1. The van der Waals surface area contributed by atoms with Crippen molar-refractivity contribution in [1.29, 1.82) is 0 Å². The van der Waals surface area contributed by atoms with E-state index >= 15 is 0 Å². The SMILES string of the molecule is CCOC(=O)N1CCN(C(=O)CC(=O)Nc2c(Cl)cccc2Cl)CC1. The quantitative estimate of drug-likeness (QED) is 0.805. The highest BCUT2D eigenvalue weighted by molar-refractivity contribution is 6.39. The third-order valence-electron chi connectivity index (χ3n) is 3.70. The van der Waals surface area contributed by atoms with Gasteiger partial charge in [0.25, 0.3) is 0 Å². The Hall–Kier alpha value is -1.99. The molecule has 0 bridgehead atoms. The van der Waals surface area contributed by atoms with Crippen molar-refractivity contribution < 1.29 is 19.1 Å². The number of halogens is 2. The maximum atomic E-state index is 12.2. The van der Waals surface area contributed by atoms with Gasteiger partial charge in [-0.25, -0.2) is 4.79 Å². The number of piperazine rings is 1. The molecule has 25 heavy (non-hydrogen) atoms. The van der Waals surface area contributed by atoms with E-state index in [1.807, 2.05) is 0 Å². The van der Waals surface area contributed by atoms with Crippen LogP contribution in [0.4, 0.5) is 10.5 Å². The highest BCUT2D eigenvalue weighted by atomic mass is 35.5. The molecule has 1 saturated heterocycles. The first-order chi connectivity index (χ1) is 11.9. The second-order valence-electron chi connectivity index (χ2n) is 5.39. The largest absolute Gasteiger partial charge is 0.450 e. The standard InChI is InChI=1S/C16H19Cl2N3O4/c1-2-25-16(24)21-8-6-20(7-9-21)14(23)10-13(22)19-15-11(17)4-3-5-12(15)18/h3-5H,2,6-10H2,1H3,(H,19,22). The molecule has 1 N–H and O–H groups in total. The van der Waals surface area contributed by atoms with Gasteiger partial charge in [0.1, 0.15) is 6.42 Å². The zero-order chi connectivity index (χ0) is 18.4. The Morgan fingerprint density at radius 1 is 1.08 bits per heavy atom. The van der Waals surface area contributed by atoms with E-state index in [0.29, 0.717) is 42.8 Å². The first-order valence-electron chi connectivity index (χ1n) is 7.85. The van der Waals surface area contributed by atoms with Crippen LogP contribution in [0.3, 0.4) is 0 Å². The highest BCUT2D eigenvalue weighted by Gasteiger charge is 2.26. The summed E-state index contributed by atoms with van der Waals surface area (Å²) < 4.78 is 4.92. The second kappa shape index (κ2) is 8.92. The van der Waals surface area contributed by atoms with Crippen LogP contribution >= 0.6 is 23.2 Å². The number of carbonyl (C=O) groups is 3. The molecule has 2 rings (SSSR count). The number of hydrogen-bond acceptors (Lipinski definition) is 4. The van der Waals surface area contributed by atoms with E-state index in [-0.39, 0.29) is 24.1 Å². The lowest BCUT2D eigenvalue weighted by Gasteiger charge is -2.34. The van der Waals surface area contributed by atoms with Crippen LogP contribution in [-0.2, 0) is 14.3 Å². The average Bonchev–Trinajstić information content (AvgIpc) is 2.58. The van der Waals surface area contributed by atoms with Gasteiger partial charge in [-0.05, 0) is 19.1 Å². The Labute approximate surface area is 155 Å². The van der Waals surface area contributed by atoms with Crippen molar-refractivity contribution in [3.8, 4) is 0 Å². The zero-order valence-corrected chi connectivity index (χ0v) is 15.3. The molecule has 1 aliphatic heterocycles. The fourth-order valence-corrected chi connectivity index (χ4v) is 2.90. The van der Waals surface area contributed by atoms with Gasteiger partial charge in [0.05, 0.1) is 22.3 Å². The molecule has 1 fully saturated rings. The summed E-state index contributed by atoms with van der Waals surface area (Å²) in [4.78, 5) is 39.0. The van der Waals surface area contributed by atoms with Crippen LogP contribution < -0.4 is 5.32 Å². The fourth-order valence-electron chi connectivity index (χ4n) is 2.40. The Morgan fingerprint density at radius 3 is 2.20 bits per heavy atom. The first-order valence-corrected chi connectivity index (χ1v) is 8.61. The topological polar surface area (TPSA) is 79.0 Å². The zero-order valence-electron chi connectivity index (χ0n) is 13.8. The van der Waals surface area contributed by atoms with Gasteiger partial charge in [-0.1, -0.05) is 29.3 Å². The van der Waals surface area contributed by atoms with Crippen molar-refractivity contribution in [2.75, 3.05) is 38.1 Å². The molecule has 7 nitrogen and oxygen atoms in total. The Balaban J connectivity index is 1.84. The van der Waals surface area contributed by atoms with Gasteiger partial charge >= 0.3 is 6.09 Å². The molecule has 0 unspecified atom stereocenters. The highest BCUT2D eigenvalue weighted by Crippen LogP contribution is 2.29. The molecule has 136 valence electrons. The van der Waals surface area contributed by atoms with Gasteiger partial charge in [0.15, 0.2) is 0 Å². The van der Waals surface area contributed by atoms with E-state index in [0.717, 1.165) is 0 Å². The number of carbonyl (C=O) groups excluding carboxylic acids is 3. The number of rotatable bonds is 4. The fraction of sp³-hybridized carbons (Fsp3) is 0.438. The van der Waals surface area contributed by atoms with Crippen LogP contribution in [0, 0.1) is 0 Å². The van der Waals surface area contributed by atoms with Crippen molar-refractivity contribution in [2.45, 2.75) is 13.3 Å². The number of hydrogen-bond donors (Lipinski definition) is 1. The number of benzene rings is 1. The lowest BCUT2D eigenvalue weighted by Crippen LogP contribution is -2.51. The van der Waals surface area contributed by atoms with Crippen molar-refractivity contribution in [2.24, 2.45) is 0 Å². The molecule has 0 saturated carbocycles. The van der Waals surface area contributed by atoms with Gasteiger partial charge in [0.2, 0.25) is 11.8 Å². The Kier molecular flexibility index (Phi) is 6.90. The van der Waals surface area contributed by atoms with Gasteiger partial charge in [0, 0.05) is 26.2 Å². The molecule has 1 aromatic carbocycles. The lowest BCUT2D eigenvalue weighted by molar-refractivity contribution is -0.135. The molecule has 3 amide bonds. The summed E-state index contributed by atoms with van der Waals surface area (Å²) in [6, 6.07) is 4.85. The molecular weight excluding hydrogens is 369 g/mol. The Morgan fingerprint density at radius 2 is 1.64 bits per heavy atom. The predicted molar refractivity (Wildman–Crippen MR) is 94.9 cm³/mol. The molecule has 0 spiro atoms. The van der Waals surface area contributed by atoms with Gasteiger partial charge < -0.3 is 19.9 Å². The summed E-state index contributed by atoms with van der Waals surface area (Å²) in [7, 11) is 0. The van der Waals surface area contributed by atoms with Crippen molar-refractivity contribution >= 4 is 46.8 Å². The average molecular weight is 388 g/mol. The third kappa shape index (κ3) is 5.24. The summed E-state index contributed by atoms with van der Waals surface area (Å²) in [6.45, 7) is 3.52. The molecular formula is C16H19Cl2N3O4. The third-order valence-corrected chi connectivity index (χ3v) is 4.33.